The number of benzene rings is 4. The number of hydrogen-bond donors (Lipinski definition) is 0. The number of hydrogen-bond acceptors (Lipinski definition) is 5. The average Bonchev–Trinajstić information content (AvgIpc) is 3.42. The molecule has 1 aliphatic carbocycles. The van der Waals surface area contributed by atoms with E-state index >= 15 is 0 Å². The van der Waals surface area contributed by atoms with E-state index in [0.717, 1.165) is 61.8 Å². The van der Waals surface area contributed by atoms with Gasteiger partial charge in [-0.3, -0.25) is 9.59 Å². The fourth-order valence-corrected chi connectivity index (χ4v) is 7.52. The van der Waals surface area contributed by atoms with Crippen molar-refractivity contribution in [2.24, 2.45) is 11.0 Å². The number of fused-ring (bicyclic) bond motifs is 2. The van der Waals surface area contributed by atoms with Crippen molar-refractivity contribution in [1.29, 1.82) is 0 Å². The molecule has 4 aromatic rings. The first kappa shape index (κ1) is 29.9. The normalized spacial score (nSPS) is 18.9. The Morgan fingerprint density at radius 2 is 1.70 bits per heavy atom. The fraction of sp³-hybridized carbons (Fsp3) is 0.206. The van der Waals surface area contributed by atoms with Gasteiger partial charge in [0, 0.05) is 25.3 Å². The van der Waals surface area contributed by atoms with Gasteiger partial charge in [-0.05, 0) is 99.1 Å². The maximum absolute atomic E-state index is 13.6. The number of thioether (sulfide) groups is 1. The Morgan fingerprint density at radius 3 is 2.47 bits per heavy atom. The Hall–Kier alpha value is -3.10. The summed E-state index contributed by atoms with van der Waals surface area (Å²) in [6, 6.07) is 26.9. The first-order chi connectivity index (χ1) is 20.9. The van der Waals surface area contributed by atoms with Crippen molar-refractivity contribution < 1.29 is 14.3 Å². The summed E-state index contributed by atoms with van der Waals surface area (Å²) in [4.78, 5) is 27.3. The monoisotopic (exact) mass is 692 g/mol. The molecule has 1 heterocycles. The molecule has 2 aliphatic rings. The van der Waals surface area contributed by atoms with Crippen LogP contribution in [0.5, 0.6) is 0 Å². The van der Waals surface area contributed by atoms with Gasteiger partial charge in [-0.25, -0.2) is 5.01 Å². The summed E-state index contributed by atoms with van der Waals surface area (Å²) in [5.74, 6) is -0.725. The Kier molecular flexibility index (Phi) is 9.24. The zero-order valence-electron chi connectivity index (χ0n) is 23.0. The van der Waals surface area contributed by atoms with Gasteiger partial charge in [0.15, 0.2) is 6.61 Å². The molecule has 1 saturated carbocycles. The van der Waals surface area contributed by atoms with E-state index in [9.17, 15) is 9.59 Å². The molecule has 5 nitrogen and oxygen atoms in total. The summed E-state index contributed by atoms with van der Waals surface area (Å²) < 4.78 is 6.41. The molecule has 0 saturated heterocycles. The number of nitrogens with zero attached hydrogens (tertiary/aromatic N) is 2. The minimum atomic E-state index is -0.464. The van der Waals surface area contributed by atoms with E-state index in [1.165, 1.54) is 16.8 Å². The van der Waals surface area contributed by atoms with Crippen molar-refractivity contribution in [3.05, 3.63) is 116 Å². The summed E-state index contributed by atoms with van der Waals surface area (Å²) in [7, 11) is 0. The van der Waals surface area contributed by atoms with Crippen LogP contribution in [0.2, 0.25) is 10.0 Å². The predicted molar refractivity (Wildman–Crippen MR) is 179 cm³/mol. The highest BCUT2D eigenvalue weighted by Gasteiger charge is 2.43. The molecule has 6 rings (SSSR count). The molecule has 9 heteroatoms. The molecule has 1 aliphatic heterocycles. The number of halogens is 3. The van der Waals surface area contributed by atoms with Crippen LogP contribution in [-0.2, 0) is 14.3 Å². The van der Waals surface area contributed by atoms with E-state index in [0.29, 0.717) is 10.0 Å². The third-order valence-corrected chi connectivity index (χ3v) is 10.4. The van der Waals surface area contributed by atoms with Crippen LogP contribution in [0.25, 0.3) is 16.8 Å². The topological polar surface area (TPSA) is 59.0 Å². The molecule has 218 valence electrons. The number of rotatable bonds is 7. The fourth-order valence-electron chi connectivity index (χ4n) is 5.67. The van der Waals surface area contributed by atoms with Crippen LogP contribution in [0.15, 0.2) is 105 Å². The van der Waals surface area contributed by atoms with Gasteiger partial charge < -0.3 is 4.74 Å². The lowest BCUT2D eigenvalue weighted by molar-refractivity contribution is -0.151. The quantitative estimate of drug-likeness (QED) is 0.143. The molecule has 0 bridgehead atoms. The average molecular weight is 694 g/mol. The van der Waals surface area contributed by atoms with Crippen molar-refractivity contribution in [2.75, 3.05) is 12.4 Å². The van der Waals surface area contributed by atoms with Crippen LogP contribution >= 0.6 is 50.9 Å². The number of hydrazone groups is 1. The van der Waals surface area contributed by atoms with Gasteiger partial charge in [-0.15, -0.1) is 11.8 Å². The second-order valence-electron chi connectivity index (χ2n) is 10.5. The largest absolute Gasteiger partial charge is 0.455 e. The third-order valence-electron chi connectivity index (χ3n) is 7.71. The zero-order chi connectivity index (χ0) is 29.9. The minimum Gasteiger partial charge on any atom is -0.455 e. The summed E-state index contributed by atoms with van der Waals surface area (Å²) in [6.07, 6.45) is 4.86. The van der Waals surface area contributed by atoms with Crippen LogP contribution in [0.1, 0.15) is 36.4 Å². The number of carbonyl (C=O) groups excluding carboxylic acids is 2. The number of allylic oxidation sites excluding steroid dienone is 1. The molecule has 43 heavy (non-hydrogen) atoms. The Morgan fingerprint density at radius 1 is 0.977 bits per heavy atom. The van der Waals surface area contributed by atoms with Crippen LogP contribution in [0.3, 0.4) is 0 Å². The van der Waals surface area contributed by atoms with Crippen LogP contribution in [0.4, 0.5) is 0 Å². The zero-order valence-corrected chi connectivity index (χ0v) is 26.9. The van der Waals surface area contributed by atoms with E-state index in [-0.39, 0.29) is 30.2 Å². The highest BCUT2D eigenvalue weighted by molar-refractivity contribution is 9.10. The van der Waals surface area contributed by atoms with Crippen molar-refractivity contribution in [3.8, 4) is 0 Å². The van der Waals surface area contributed by atoms with Gasteiger partial charge in [0.2, 0.25) is 0 Å². The van der Waals surface area contributed by atoms with Gasteiger partial charge in [0.25, 0.3) is 5.91 Å². The van der Waals surface area contributed by atoms with Crippen molar-refractivity contribution >= 4 is 85.3 Å². The van der Waals surface area contributed by atoms with Gasteiger partial charge in [0.1, 0.15) is 0 Å². The van der Waals surface area contributed by atoms with Gasteiger partial charge in [-0.2, -0.15) is 5.10 Å². The van der Waals surface area contributed by atoms with E-state index in [1.807, 2.05) is 84.9 Å². The SMILES string of the molecule is O=C(CSc1ccc2ccccc2c1Br)OCC(=O)N1N=C2/C(=C/c3ccc(Cl)cc3)CCCC2C1c1ccc(Cl)cc1. The molecule has 0 spiro atoms. The lowest BCUT2D eigenvalue weighted by atomic mass is 9.77. The van der Waals surface area contributed by atoms with E-state index in [2.05, 4.69) is 22.0 Å². The van der Waals surface area contributed by atoms with E-state index < -0.39 is 5.97 Å². The number of ether oxygens (including phenoxy) is 1. The Bertz CT molecular complexity index is 1740. The molecule has 0 radical (unpaired) electrons. The lowest BCUT2D eigenvalue weighted by Gasteiger charge is -2.29. The van der Waals surface area contributed by atoms with Gasteiger partial charge >= 0.3 is 5.97 Å². The Labute approximate surface area is 273 Å². The first-order valence-electron chi connectivity index (χ1n) is 14.0. The first-order valence-corrected chi connectivity index (χ1v) is 16.5. The second-order valence-corrected chi connectivity index (χ2v) is 13.2. The molecule has 0 N–H and O–H groups in total. The summed E-state index contributed by atoms with van der Waals surface area (Å²) in [6.45, 7) is -0.387. The highest BCUT2D eigenvalue weighted by Crippen LogP contribution is 2.44. The molecule has 2 atom stereocenters. The predicted octanol–water partition coefficient (Wildman–Crippen LogP) is 9.37. The van der Waals surface area contributed by atoms with Crippen molar-refractivity contribution in [3.63, 3.8) is 0 Å². The molecule has 1 fully saturated rings. The number of esters is 1. The van der Waals surface area contributed by atoms with Gasteiger partial charge in [0.05, 0.1) is 17.5 Å². The van der Waals surface area contributed by atoms with Crippen LogP contribution in [0, 0.1) is 5.92 Å². The van der Waals surface area contributed by atoms with Gasteiger partial charge in [-0.1, -0.05) is 77.8 Å². The van der Waals surface area contributed by atoms with E-state index in [4.69, 9.17) is 33.0 Å². The summed E-state index contributed by atoms with van der Waals surface area (Å²) in [5, 5.41) is 9.86. The highest BCUT2D eigenvalue weighted by atomic mass is 79.9. The minimum absolute atomic E-state index is 0.0222. The van der Waals surface area contributed by atoms with Crippen LogP contribution < -0.4 is 0 Å². The van der Waals surface area contributed by atoms with Crippen molar-refractivity contribution in [2.45, 2.75) is 30.2 Å². The molecule has 4 aromatic carbocycles. The maximum Gasteiger partial charge on any atom is 0.316 e. The molecule has 2 unspecified atom stereocenters. The summed E-state index contributed by atoms with van der Waals surface area (Å²) >= 11 is 17.3. The molecular weight excluding hydrogens is 667 g/mol. The number of carbonyl (C=O) groups is 2. The lowest BCUT2D eigenvalue weighted by Crippen LogP contribution is -2.34. The second kappa shape index (κ2) is 13.3. The number of amides is 1. The molecule has 0 aromatic heterocycles. The standard InChI is InChI=1S/C34H27BrCl2N2O3S/c35-32-27-6-2-1-4-22(27)12-17-29(32)43-20-31(41)42-19-30(40)39-34(23-10-15-26(37)16-11-23)28-7-3-5-24(33(28)38-39)18-21-8-13-25(36)14-9-21/h1-2,4,6,8-18,28,34H,3,5,7,19-20H2/b24-18+. The maximum atomic E-state index is 13.6. The molecular formula is C34H27BrCl2N2O3S. The van der Waals surface area contributed by atoms with Crippen molar-refractivity contribution in [1.82, 2.24) is 5.01 Å². The third kappa shape index (κ3) is 6.70. The Balaban J connectivity index is 1.18. The van der Waals surface area contributed by atoms with E-state index in [1.54, 1.807) is 0 Å². The smallest absolute Gasteiger partial charge is 0.316 e. The molecule has 1 amide bonds. The summed E-state index contributed by atoms with van der Waals surface area (Å²) in [5.41, 5.74) is 3.97. The van der Waals surface area contributed by atoms with Crippen LogP contribution in [-0.4, -0.2) is 35.0 Å².